The molecule has 3 N–H and O–H groups in total. The van der Waals surface area contributed by atoms with Crippen molar-refractivity contribution in [3.8, 4) is 17.2 Å². The number of nitrogens with two attached hydrogens (primary N) is 1. The van der Waals surface area contributed by atoms with Gasteiger partial charge >= 0.3 is 0 Å². The van der Waals surface area contributed by atoms with Crippen LogP contribution in [0.1, 0.15) is 74.9 Å². The molecule has 7 heteroatoms. The Labute approximate surface area is 222 Å². The van der Waals surface area contributed by atoms with Crippen LogP contribution in [0.2, 0.25) is 0 Å². The Kier molecular flexibility index (Phi) is 12.0. The van der Waals surface area contributed by atoms with Crippen LogP contribution in [-0.4, -0.2) is 49.0 Å². The number of unbranched alkanes of at least 4 members (excludes halogenated alkanes) is 2. The number of carbonyl (C=O) groups excluding carboxylic acids is 1. The molecule has 0 atom stereocenters. The lowest BCUT2D eigenvalue weighted by Crippen LogP contribution is -2.42. The molecule has 0 aliphatic heterocycles. The van der Waals surface area contributed by atoms with Gasteiger partial charge in [-0.25, -0.2) is 0 Å². The number of nitrogen functional groups attached to an aromatic ring is 1. The van der Waals surface area contributed by atoms with Crippen molar-refractivity contribution in [2.24, 2.45) is 5.73 Å². The molecule has 0 heterocycles. The molecule has 0 aliphatic rings. The Morgan fingerprint density at radius 2 is 1.62 bits per heavy atom. The zero-order valence-corrected chi connectivity index (χ0v) is 23.0. The highest BCUT2D eigenvalue weighted by molar-refractivity contribution is 5.97. The van der Waals surface area contributed by atoms with Gasteiger partial charge in [-0.1, -0.05) is 6.08 Å². The zero-order valence-electron chi connectivity index (χ0n) is 23.0. The van der Waals surface area contributed by atoms with Crippen LogP contribution in [-0.2, 0) is 6.42 Å². The number of hydrogen-bond acceptors (Lipinski definition) is 5. The minimum atomic E-state index is 0.00449. The smallest absolute Gasteiger partial charge is 0.254 e. The Bertz CT molecular complexity index is 1020. The molecule has 0 aromatic heterocycles. The number of nitrogens with zero attached hydrogens (tertiary/aromatic N) is 1. The molecule has 0 aliphatic carbocycles. The molecule has 0 radical (unpaired) electrons. The van der Waals surface area contributed by atoms with E-state index >= 15 is 0 Å². The summed E-state index contributed by atoms with van der Waals surface area (Å²) in [6.07, 6.45) is 5.95. The lowest BCUT2D eigenvalue weighted by atomic mass is 9.98. The van der Waals surface area contributed by atoms with Crippen molar-refractivity contribution in [1.82, 2.24) is 4.90 Å². The quantitative estimate of drug-likeness (QED) is 0.125. The van der Waals surface area contributed by atoms with E-state index in [0.717, 1.165) is 37.0 Å². The van der Waals surface area contributed by atoms with Crippen LogP contribution in [0.3, 0.4) is 0 Å². The van der Waals surface area contributed by atoms with E-state index in [0.29, 0.717) is 42.3 Å². The van der Waals surface area contributed by atoms with Gasteiger partial charge in [0, 0.05) is 28.8 Å². The molecule has 0 saturated carbocycles. The number of allylic oxidation sites excluding steroid dienone is 1. The standard InChI is InChI=1S/C30H43N3O4/c1-7-8-12-25-26(30(34)33(21(2)3)22(4)5)17-18-27(28(25)35-6)37-20-11-9-10-19-36-24-15-13-23(14-16-24)29(31)32/h7,13-18,21-22H,1,8-12,19-20H2,2-6H3,(H3,31,32). The summed E-state index contributed by atoms with van der Waals surface area (Å²) in [5.74, 6) is 2.09. The molecule has 37 heavy (non-hydrogen) atoms. The number of amides is 1. The second kappa shape index (κ2) is 14.9. The number of benzene rings is 2. The zero-order chi connectivity index (χ0) is 27.4. The summed E-state index contributed by atoms with van der Waals surface area (Å²) in [5, 5.41) is 7.44. The molecule has 0 fully saturated rings. The molecule has 0 bridgehead atoms. The van der Waals surface area contributed by atoms with Gasteiger partial charge in [-0.2, -0.15) is 0 Å². The van der Waals surface area contributed by atoms with E-state index in [1.165, 1.54) is 0 Å². The topological polar surface area (TPSA) is 97.9 Å². The maximum absolute atomic E-state index is 13.5. The molecule has 0 saturated heterocycles. The number of hydrogen-bond donors (Lipinski definition) is 2. The van der Waals surface area contributed by atoms with Gasteiger partial charge in [0.25, 0.3) is 5.91 Å². The van der Waals surface area contributed by atoms with Crippen molar-refractivity contribution in [2.45, 2.75) is 71.9 Å². The van der Waals surface area contributed by atoms with E-state index in [4.69, 9.17) is 25.4 Å². The average molecular weight is 510 g/mol. The molecular formula is C30H43N3O4. The minimum Gasteiger partial charge on any atom is -0.494 e. The molecule has 202 valence electrons. The summed E-state index contributed by atoms with van der Waals surface area (Å²) in [7, 11) is 1.62. The first-order chi connectivity index (χ1) is 17.7. The summed E-state index contributed by atoms with van der Waals surface area (Å²) < 4.78 is 17.6. The van der Waals surface area contributed by atoms with Crippen molar-refractivity contribution in [3.63, 3.8) is 0 Å². The van der Waals surface area contributed by atoms with Crippen LogP contribution < -0.4 is 19.9 Å². The summed E-state index contributed by atoms with van der Waals surface area (Å²) in [4.78, 5) is 15.4. The highest BCUT2D eigenvalue weighted by Crippen LogP contribution is 2.36. The van der Waals surface area contributed by atoms with Crippen molar-refractivity contribution in [3.05, 3.63) is 65.7 Å². The maximum atomic E-state index is 13.5. The molecular weight excluding hydrogens is 466 g/mol. The molecule has 2 aromatic carbocycles. The van der Waals surface area contributed by atoms with Gasteiger partial charge in [0.15, 0.2) is 11.5 Å². The molecule has 1 amide bonds. The van der Waals surface area contributed by atoms with Gasteiger partial charge in [-0.15, -0.1) is 6.58 Å². The van der Waals surface area contributed by atoms with Gasteiger partial charge in [0.1, 0.15) is 11.6 Å². The fourth-order valence-electron chi connectivity index (χ4n) is 4.33. The first-order valence-corrected chi connectivity index (χ1v) is 13.0. The van der Waals surface area contributed by atoms with Gasteiger partial charge in [0.05, 0.1) is 20.3 Å². The van der Waals surface area contributed by atoms with Crippen molar-refractivity contribution < 1.29 is 19.0 Å². The molecule has 2 aromatic rings. The fourth-order valence-corrected chi connectivity index (χ4v) is 4.33. The van der Waals surface area contributed by atoms with Gasteiger partial charge in [0.2, 0.25) is 0 Å². The summed E-state index contributed by atoms with van der Waals surface area (Å²) in [6, 6.07) is 11.1. The molecule has 7 nitrogen and oxygen atoms in total. The van der Waals surface area contributed by atoms with Gasteiger partial charge in [-0.05, 0) is 96.2 Å². The fraction of sp³-hybridized carbons (Fsp3) is 0.467. The highest BCUT2D eigenvalue weighted by Gasteiger charge is 2.26. The van der Waals surface area contributed by atoms with Crippen LogP contribution >= 0.6 is 0 Å². The highest BCUT2D eigenvalue weighted by atomic mass is 16.5. The van der Waals surface area contributed by atoms with Crippen molar-refractivity contribution >= 4 is 11.7 Å². The Morgan fingerprint density at radius 1 is 1.00 bits per heavy atom. The first kappa shape index (κ1) is 29.7. The monoisotopic (exact) mass is 509 g/mol. The van der Waals surface area contributed by atoms with Gasteiger partial charge < -0.3 is 24.8 Å². The predicted molar refractivity (Wildman–Crippen MR) is 150 cm³/mol. The lowest BCUT2D eigenvalue weighted by molar-refractivity contribution is 0.0642. The summed E-state index contributed by atoms with van der Waals surface area (Å²) in [5.41, 5.74) is 7.68. The SMILES string of the molecule is C=CCCc1c(C(=O)N(C(C)C)C(C)C)ccc(OCCCCCOc2ccc(C(=N)N)cc2)c1OC. The van der Waals surface area contributed by atoms with Crippen molar-refractivity contribution in [2.75, 3.05) is 20.3 Å². The average Bonchev–Trinajstić information content (AvgIpc) is 2.86. The Morgan fingerprint density at radius 3 is 2.16 bits per heavy atom. The number of ether oxygens (including phenoxy) is 3. The summed E-state index contributed by atoms with van der Waals surface area (Å²) in [6.45, 7) is 13.1. The third-order valence-electron chi connectivity index (χ3n) is 6.08. The molecule has 2 rings (SSSR count). The molecule has 0 unspecified atom stereocenters. The third kappa shape index (κ3) is 8.55. The van der Waals surface area contributed by atoms with E-state index in [-0.39, 0.29) is 23.8 Å². The van der Waals surface area contributed by atoms with E-state index in [1.54, 1.807) is 19.2 Å². The van der Waals surface area contributed by atoms with Crippen LogP contribution in [0.5, 0.6) is 17.2 Å². The van der Waals surface area contributed by atoms with E-state index in [9.17, 15) is 4.79 Å². The minimum absolute atomic E-state index is 0.00449. The number of nitrogens with one attached hydrogen (secondary N) is 1. The first-order valence-electron chi connectivity index (χ1n) is 13.0. The predicted octanol–water partition coefficient (Wildman–Crippen LogP) is 5.98. The normalized spacial score (nSPS) is 10.9. The number of rotatable bonds is 16. The second-order valence-corrected chi connectivity index (χ2v) is 9.55. The lowest BCUT2D eigenvalue weighted by Gasteiger charge is -2.32. The van der Waals surface area contributed by atoms with Crippen molar-refractivity contribution in [1.29, 1.82) is 5.41 Å². The van der Waals surface area contributed by atoms with Crippen LogP contribution in [0.4, 0.5) is 0 Å². The largest absolute Gasteiger partial charge is 0.494 e. The van der Waals surface area contributed by atoms with Crippen LogP contribution in [0.15, 0.2) is 49.1 Å². The Hall–Kier alpha value is -3.48. The number of amidine groups is 1. The van der Waals surface area contributed by atoms with E-state index in [2.05, 4.69) is 6.58 Å². The maximum Gasteiger partial charge on any atom is 0.254 e. The van der Waals surface area contributed by atoms with E-state index in [1.807, 2.05) is 62.9 Å². The van der Waals surface area contributed by atoms with Gasteiger partial charge in [-0.3, -0.25) is 10.2 Å². The van der Waals surface area contributed by atoms with Crippen LogP contribution in [0.25, 0.3) is 0 Å². The van der Waals surface area contributed by atoms with E-state index < -0.39 is 0 Å². The Balaban J connectivity index is 1.98. The number of methoxy groups -OCH3 is 1. The second-order valence-electron chi connectivity index (χ2n) is 9.55. The summed E-state index contributed by atoms with van der Waals surface area (Å²) >= 11 is 0. The number of carbonyl (C=O) groups is 1. The third-order valence-corrected chi connectivity index (χ3v) is 6.08. The van der Waals surface area contributed by atoms with Crippen LogP contribution in [0, 0.1) is 5.41 Å². The molecule has 0 spiro atoms.